The van der Waals surface area contributed by atoms with E-state index in [4.69, 9.17) is 0 Å². The molecule has 2 saturated carbocycles. The molecule has 3 aliphatic rings. The largest absolute Gasteiger partial charge is 0.392 e. The summed E-state index contributed by atoms with van der Waals surface area (Å²) in [5.41, 5.74) is 0.701. The van der Waals surface area contributed by atoms with E-state index in [1.807, 2.05) is 0 Å². The zero-order valence-corrected chi connectivity index (χ0v) is 12.4. The van der Waals surface area contributed by atoms with Crippen molar-refractivity contribution in [2.75, 3.05) is 19.6 Å². The van der Waals surface area contributed by atoms with E-state index in [0.717, 1.165) is 6.54 Å². The molecule has 0 radical (unpaired) electrons. The highest BCUT2D eigenvalue weighted by Crippen LogP contribution is 2.44. The summed E-state index contributed by atoms with van der Waals surface area (Å²) in [6, 6.07) is 0. The van der Waals surface area contributed by atoms with Crippen LogP contribution in [0.5, 0.6) is 0 Å². The molecule has 1 aliphatic heterocycles. The summed E-state index contributed by atoms with van der Waals surface area (Å²) < 4.78 is 0. The van der Waals surface area contributed by atoms with E-state index >= 15 is 0 Å². The summed E-state index contributed by atoms with van der Waals surface area (Å²) in [6.45, 7) is 3.42. The predicted octanol–water partition coefficient (Wildman–Crippen LogP) is 3.58. The van der Waals surface area contributed by atoms with Crippen molar-refractivity contribution >= 4 is 0 Å². The third kappa shape index (κ3) is 3.33. The number of β-amino-alcohol motifs (C(OH)–C–C–N with tert-alkyl or cyclic N) is 1. The van der Waals surface area contributed by atoms with E-state index in [1.165, 1.54) is 83.7 Å². The van der Waals surface area contributed by atoms with Crippen LogP contribution in [0, 0.1) is 11.3 Å². The molecule has 0 aromatic heterocycles. The Morgan fingerprint density at radius 2 is 1.53 bits per heavy atom. The van der Waals surface area contributed by atoms with E-state index in [-0.39, 0.29) is 6.10 Å². The van der Waals surface area contributed by atoms with Gasteiger partial charge >= 0.3 is 0 Å². The lowest BCUT2D eigenvalue weighted by Crippen LogP contribution is -2.45. The molecule has 0 amide bonds. The maximum Gasteiger partial charge on any atom is 0.0695 e. The van der Waals surface area contributed by atoms with Crippen LogP contribution in [0.4, 0.5) is 0 Å². The molecule has 1 atom stereocenters. The fourth-order valence-corrected chi connectivity index (χ4v) is 4.77. The summed E-state index contributed by atoms with van der Waals surface area (Å²) in [5.74, 6) is 0.602. The van der Waals surface area contributed by atoms with Crippen molar-refractivity contribution in [3.8, 4) is 0 Å². The zero-order chi connectivity index (χ0) is 13.1. The monoisotopic (exact) mass is 265 g/mol. The summed E-state index contributed by atoms with van der Waals surface area (Å²) >= 11 is 0. The Hall–Kier alpha value is -0.0800. The molecular formula is C17H31NO. The van der Waals surface area contributed by atoms with Gasteiger partial charge in [0.2, 0.25) is 0 Å². The molecule has 1 unspecified atom stereocenters. The molecule has 2 nitrogen and oxygen atoms in total. The minimum atomic E-state index is -0.0529. The van der Waals surface area contributed by atoms with E-state index in [9.17, 15) is 5.11 Å². The van der Waals surface area contributed by atoms with Crippen molar-refractivity contribution in [3.05, 3.63) is 0 Å². The molecule has 1 N–H and O–H groups in total. The lowest BCUT2D eigenvalue weighted by Gasteiger charge is -2.45. The Labute approximate surface area is 118 Å². The van der Waals surface area contributed by atoms with Gasteiger partial charge in [-0.05, 0) is 62.9 Å². The molecule has 2 aliphatic carbocycles. The minimum Gasteiger partial charge on any atom is -0.392 e. The van der Waals surface area contributed by atoms with Crippen LogP contribution in [-0.2, 0) is 0 Å². The quantitative estimate of drug-likeness (QED) is 0.843. The molecule has 3 fully saturated rings. The number of aliphatic hydroxyl groups is 1. The van der Waals surface area contributed by atoms with Crippen molar-refractivity contribution < 1.29 is 5.11 Å². The average Bonchev–Trinajstić information content (AvgIpc) is 2.97. The van der Waals surface area contributed by atoms with Crippen molar-refractivity contribution in [3.63, 3.8) is 0 Å². The normalized spacial score (nSPS) is 30.8. The Morgan fingerprint density at radius 3 is 2.16 bits per heavy atom. The average molecular weight is 265 g/mol. The number of nitrogens with zero attached hydrogens (tertiary/aromatic N) is 1. The first-order valence-corrected chi connectivity index (χ1v) is 8.68. The van der Waals surface area contributed by atoms with Gasteiger partial charge in [0, 0.05) is 6.54 Å². The second-order valence-corrected chi connectivity index (χ2v) is 7.47. The first-order chi connectivity index (χ1) is 9.27. The van der Waals surface area contributed by atoms with E-state index < -0.39 is 0 Å². The van der Waals surface area contributed by atoms with Crippen LogP contribution < -0.4 is 0 Å². The van der Waals surface area contributed by atoms with Gasteiger partial charge in [-0.25, -0.2) is 0 Å². The topological polar surface area (TPSA) is 23.5 Å². The van der Waals surface area contributed by atoms with Crippen molar-refractivity contribution in [2.24, 2.45) is 11.3 Å². The van der Waals surface area contributed by atoms with E-state index in [1.54, 1.807) is 0 Å². The Bertz CT molecular complexity index is 269. The fraction of sp³-hybridized carbons (Fsp3) is 1.00. The first kappa shape index (κ1) is 13.9. The molecule has 110 valence electrons. The highest BCUT2D eigenvalue weighted by atomic mass is 16.3. The van der Waals surface area contributed by atoms with Crippen molar-refractivity contribution in [2.45, 2.75) is 76.7 Å². The molecule has 0 bridgehead atoms. The van der Waals surface area contributed by atoms with Gasteiger partial charge in [0.1, 0.15) is 0 Å². The predicted molar refractivity (Wildman–Crippen MR) is 79.2 cm³/mol. The fourth-order valence-electron chi connectivity index (χ4n) is 4.77. The Morgan fingerprint density at radius 1 is 0.895 bits per heavy atom. The molecule has 3 rings (SSSR count). The number of piperidine rings is 1. The number of hydrogen-bond donors (Lipinski definition) is 1. The van der Waals surface area contributed by atoms with Crippen LogP contribution in [0.1, 0.15) is 70.6 Å². The summed E-state index contributed by atoms with van der Waals surface area (Å²) in [7, 11) is 0. The molecule has 1 saturated heterocycles. The molecule has 0 aromatic carbocycles. The van der Waals surface area contributed by atoms with Gasteiger partial charge in [0.15, 0.2) is 0 Å². The highest BCUT2D eigenvalue weighted by Gasteiger charge is 2.36. The van der Waals surface area contributed by atoms with Gasteiger partial charge in [-0.2, -0.15) is 0 Å². The molecule has 1 spiro atoms. The smallest absolute Gasteiger partial charge is 0.0695 e. The number of likely N-dealkylation sites (tertiary alicyclic amines) is 1. The Balaban J connectivity index is 1.44. The van der Waals surface area contributed by atoms with Crippen LogP contribution in [0.3, 0.4) is 0 Å². The minimum absolute atomic E-state index is 0.0529. The molecule has 2 heteroatoms. The van der Waals surface area contributed by atoms with Gasteiger partial charge in [-0.3, -0.25) is 0 Å². The van der Waals surface area contributed by atoms with Crippen LogP contribution >= 0.6 is 0 Å². The number of rotatable bonds is 3. The van der Waals surface area contributed by atoms with Crippen LogP contribution in [0.2, 0.25) is 0 Å². The second-order valence-electron chi connectivity index (χ2n) is 7.47. The second kappa shape index (κ2) is 6.13. The van der Waals surface area contributed by atoms with Crippen LogP contribution in [0.25, 0.3) is 0 Å². The highest BCUT2D eigenvalue weighted by molar-refractivity contribution is 4.89. The van der Waals surface area contributed by atoms with Gasteiger partial charge in [0.05, 0.1) is 6.10 Å². The van der Waals surface area contributed by atoms with Gasteiger partial charge in [0.25, 0.3) is 0 Å². The molecule has 1 heterocycles. The van der Waals surface area contributed by atoms with Crippen LogP contribution in [-0.4, -0.2) is 35.7 Å². The Kier molecular flexibility index (Phi) is 4.48. The van der Waals surface area contributed by atoms with Crippen molar-refractivity contribution in [1.29, 1.82) is 0 Å². The summed E-state index contributed by atoms with van der Waals surface area (Å²) in [4.78, 5) is 2.54. The lowest BCUT2D eigenvalue weighted by molar-refractivity contribution is 0.0203. The zero-order valence-electron chi connectivity index (χ0n) is 12.4. The van der Waals surface area contributed by atoms with Gasteiger partial charge in [-0.15, -0.1) is 0 Å². The standard InChI is InChI=1S/C17H31NO/c19-16(15-6-2-3-7-15)14-18-12-10-17(11-13-18)8-4-1-5-9-17/h15-16,19H,1-14H2. The molecule has 19 heavy (non-hydrogen) atoms. The number of hydrogen-bond acceptors (Lipinski definition) is 2. The molecule has 0 aromatic rings. The maximum atomic E-state index is 10.4. The van der Waals surface area contributed by atoms with Gasteiger partial charge in [-0.1, -0.05) is 32.1 Å². The lowest BCUT2D eigenvalue weighted by atomic mass is 9.68. The van der Waals surface area contributed by atoms with Gasteiger partial charge < -0.3 is 10.0 Å². The number of aliphatic hydroxyl groups excluding tert-OH is 1. The summed E-state index contributed by atoms with van der Waals surface area (Å²) in [5, 5.41) is 10.4. The third-order valence-electron chi connectivity index (χ3n) is 6.22. The van der Waals surface area contributed by atoms with E-state index in [2.05, 4.69) is 4.90 Å². The summed E-state index contributed by atoms with van der Waals surface area (Å²) in [6.07, 6.45) is 15.3. The maximum absolute atomic E-state index is 10.4. The third-order valence-corrected chi connectivity index (χ3v) is 6.22. The van der Waals surface area contributed by atoms with Crippen LogP contribution in [0.15, 0.2) is 0 Å². The first-order valence-electron chi connectivity index (χ1n) is 8.68. The van der Waals surface area contributed by atoms with Crippen molar-refractivity contribution in [1.82, 2.24) is 4.90 Å². The van der Waals surface area contributed by atoms with E-state index in [0.29, 0.717) is 11.3 Å². The SMILES string of the molecule is OC(CN1CCC2(CCCCC2)CC1)C1CCCC1. The molecular weight excluding hydrogens is 234 g/mol.